The van der Waals surface area contributed by atoms with Gasteiger partial charge in [0.25, 0.3) is 0 Å². The fourth-order valence-corrected chi connectivity index (χ4v) is 3.32. The van der Waals surface area contributed by atoms with Crippen LogP contribution >= 0.6 is 0 Å². The minimum absolute atomic E-state index is 0.0533. The van der Waals surface area contributed by atoms with Crippen molar-refractivity contribution in [1.29, 1.82) is 0 Å². The lowest BCUT2D eigenvalue weighted by Gasteiger charge is -2.28. The average Bonchev–Trinajstić information content (AvgIpc) is 2.77. The summed E-state index contributed by atoms with van der Waals surface area (Å²) in [5.41, 5.74) is 2.58. The van der Waals surface area contributed by atoms with Gasteiger partial charge in [-0.25, -0.2) is 0 Å². The van der Waals surface area contributed by atoms with E-state index in [1.165, 1.54) is 0 Å². The Morgan fingerprint density at radius 1 is 1.04 bits per heavy atom. The molecule has 0 spiro atoms. The number of carbonyl (C=O) groups excluding carboxylic acids is 1. The number of fused-ring (bicyclic) bond motifs is 1. The Kier molecular flexibility index (Phi) is 5.48. The first kappa shape index (κ1) is 18.4. The van der Waals surface area contributed by atoms with Crippen molar-refractivity contribution in [1.82, 2.24) is 0 Å². The lowest BCUT2D eigenvalue weighted by atomic mass is 10.1. The van der Waals surface area contributed by atoms with Crippen molar-refractivity contribution < 1.29 is 23.7 Å². The largest absolute Gasteiger partial charge is 0.493 e. The highest BCUT2D eigenvalue weighted by molar-refractivity contribution is 6.07. The molecule has 2 aliphatic heterocycles. The van der Waals surface area contributed by atoms with Crippen LogP contribution < -0.4 is 19.1 Å². The van der Waals surface area contributed by atoms with Crippen LogP contribution in [0.2, 0.25) is 0 Å². The van der Waals surface area contributed by atoms with Crippen LogP contribution in [0.4, 0.5) is 5.69 Å². The van der Waals surface area contributed by atoms with E-state index in [1.54, 1.807) is 19.3 Å². The normalized spacial score (nSPS) is 16.2. The van der Waals surface area contributed by atoms with Gasteiger partial charge in [0, 0.05) is 24.3 Å². The number of ether oxygens (including phenoxy) is 4. The van der Waals surface area contributed by atoms with Gasteiger partial charge in [-0.2, -0.15) is 0 Å². The maximum absolute atomic E-state index is 12.5. The maximum Gasteiger partial charge on any atom is 0.203 e. The molecule has 0 radical (unpaired) electrons. The summed E-state index contributed by atoms with van der Waals surface area (Å²) in [5.74, 6) is 1.78. The zero-order chi connectivity index (χ0) is 19.3. The van der Waals surface area contributed by atoms with Crippen LogP contribution in [0.15, 0.2) is 42.5 Å². The summed E-state index contributed by atoms with van der Waals surface area (Å²) in [6.07, 6.45) is 3.33. The van der Waals surface area contributed by atoms with E-state index in [4.69, 9.17) is 18.9 Å². The van der Waals surface area contributed by atoms with E-state index in [9.17, 15) is 4.79 Å². The van der Waals surface area contributed by atoms with Crippen LogP contribution in [-0.2, 0) is 4.74 Å². The fourth-order valence-electron chi connectivity index (χ4n) is 3.32. The monoisotopic (exact) mass is 381 g/mol. The van der Waals surface area contributed by atoms with Crippen LogP contribution in [0.1, 0.15) is 15.9 Å². The molecule has 0 N–H and O–H groups in total. The second-order valence-electron chi connectivity index (χ2n) is 6.59. The number of morpholine rings is 1. The number of nitrogens with zero attached hydrogens (tertiary/aromatic N) is 1. The number of benzene rings is 2. The van der Waals surface area contributed by atoms with Crippen LogP contribution in [0, 0.1) is 0 Å². The van der Waals surface area contributed by atoms with E-state index in [2.05, 4.69) is 4.90 Å². The molecule has 0 atom stereocenters. The standard InChI is InChI=1S/C22H23NO5/c1-25-20-14-16(15-21-22(20)28-13-12-27-21)2-7-19(24)17-3-5-18(6-4-17)23-8-10-26-11-9-23/h2-7,14-15H,8-13H2,1H3. The van der Waals surface area contributed by atoms with Crippen molar-refractivity contribution in [2.45, 2.75) is 0 Å². The number of hydrogen-bond donors (Lipinski definition) is 0. The van der Waals surface area contributed by atoms with Crippen molar-refractivity contribution in [2.24, 2.45) is 0 Å². The summed E-state index contributed by atoms with van der Waals surface area (Å²) < 4.78 is 22.0. The molecule has 0 bridgehead atoms. The van der Waals surface area contributed by atoms with Gasteiger partial charge in [0.2, 0.25) is 5.75 Å². The van der Waals surface area contributed by atoms with Gasteiger partial charge in [0.15, 0.2) is 17.3 Å². The quantitative estimate of drug-likeness (QED) is 0.586. The van der Waals surface area contributed by atoms with Crippen molar-refractivity contribution in [3.63, 3.8) is 0 Å². The number of ketones is 1. The fraction of sp³-hybridized carbons (Fsp3) is 0.318. The number of hydrogen-bond acceptors (Lipinski definition) is 6. The predicted octanol–water partition coefficient (Wildman–Crippen LogP) is 3.20. The van der Waals surface area contributed by atoms with Gasteiger partial charge in [0.1, 0.15) is 13.2 Å². The van der Waals surface area contributed by atoms with Gasteiger partial charge in [-0.05, 0) is 48.0 Å². The number of methoxy groups -OCH3 is 1. The lowest BCUT2D eigenvalue weighted by molar-refractivity contribution is 0.104. The summed E-state index contributed by atoms with van der Waals surface area (Å²) in [5, 5.41) is 0. The molecule has 0 saturated carbocycles. The molecule has 0 aliphatic carbocycles. The molecule has 2 aliphatic rings. The third-order valence-corrected chi connectivity index (χ3v) is 4.81. The molecule has 1 fully saturated rings. The summed E-state index contributed by atoms with van der Waals surface area (Å²) in [4.78, 5) is 14.8. The highest BCUT2D eigenvalue weighted by atomic mass is 16.6. The Bertz CT molecular complexity index is 852. The Labute approximate surface area is 164 Å². The lowest BCUT2D eigenvalue weighted by Crippen LogP contribution is -2.36. The Morgan fingerprint density at radius 2 is 1.79 bits per heavy atom. The van der Waals surface area contributed by atoms with Crippen LogP contribution in [-0.4, -0.2) is 52.4 Å². The molecule has 28 heavy (non-hydrogen) atoms. The van der Waals surface area contributed by atoms with Crippen LogP contribution in [0.25, 0.3) is 6.08 Å². The van der Waals surface area contributed by atoms with E-state index in [0.717, 1.165) is 37.6 Å². The first-order chi connectivity index (χ1) is 13.7. The van der Waals surface area contributed by atoms with Crippen molar-refractivity contribution in [3.05, 3.63) is 53.6 Å². The van der Waals surface area contributed by atoms with Gasteiger partial charge in [0.05, 0.1) is 20.3 Å². The molecule has 4 rings (SSSR count). The van der Waals surface area contributed by atoms with E-state index in [-0.39, 0.29) is 5.78 Å². The molecular formula is C22H23NO5. The minimum atomic E-state index is -0.0533. The summed E-state index contributed by atoms with van der Waals surface area (Å²) in [6, 6.07) is 11.4. The number of anilines is 1. The second-order valence-corrected chi connectivity index (χ2v) is 6.59. The molecule has 6 nitrogen and oxygen atoms in total. The molecule has 0 unspecified atom stereocenters. The maximum atomic E-state index is 12.5. The molecule has 2 aromatic carbocycles. The summed E-state index contributed by atoms with van der Waals surface area (Å²) >= 11 is 0. The molecule has 0 amide bonds. The topological polar surface area (TPSA) is 57.2 Å². The van der Waals surface area contributed by atoms with Gasteiger partial charge < -0.3 is 23.8 Å². The zero-order valence-corrected chi connectivity index (χ0v) is 15.8. The van der Waals surface area contributed by atoms with E-state index in [0.29, 0.717) is 36.0 Å². The Hall–Kier alpha value is -2.99. The zero-order valence-electron chi connectivity index (χ0n) is 15.8. The third-order valence-electron chi connectivity index (χ3n) is 4.81. The average molecular weight is 381 g/mol. The Balaban J connectivity index is 1.48. The molecule has 2 heterocycles. The van der Waals surface area contributed by atoms with E-state index >= 15 is 0 Å². The third kappa shape index (κ3) is 3.97. The van der Waals surface area contributed by atoms with Gasteiger partial charge in [-0.1, -0.05) is 6.08 Å². The molecule has 146 valence electrons. The number of rotatable bonds is 5. The van der Waals surface area contributed by atoms with Gasteiger partial charge >= 0.3 is 0 Å². The SMILES string of the molecule is COc1cc(C=CC(=O)c2ccc(N3CCOCC3)cc2)cc2c1OCCO2. The minimum Gasteiger partial charge on any atom is -0.493 e. The molecule has 2 aromatic rings. The van der Waals surface area contributed by atoms with E-state index < -0.39 is 0 Å². The summed E-state index contributed by atoms with van der Waals surface area (Å²) in [6.45, 7) is 4.22. The smallest absolute Gasteiger partial charge is 0.203 e. The van der Waals surface area contributed by atoms with Crippen LogP contribution in [0.5, 0.6) is 17.2 Å². The molecule has 1 saturated heterocycles. The van der Waals surface area contributed by atoms with Crippen molar-refractivity contribution in [3.8, 4) is 17.2 Å². The first-order valence-electron chi connectivity index (χ1n) is 9.37. The van der Waals surface area contributed by atoms with Crippen molar-refractivity contribution in [2.75, 3.05) is 51.5 Å². The summed E-state index contributed by atoms with van der Waals surface area (Å²) in [7, 11) is 1.59. The van der Waals surface area contributed by atoms with Gasteiger partial charge in [-0.15, -0.1) is 0 Å². The first-order valence-corrected chi connectivity index (χ1v) is 9.37. The Morgan fingerprint density at radius 3 is 2.54 bits per heavy atom. The van der Waals surface area contributed by atoms with Gasteiger partial charge in [-0.3, -0.25) is 4.79 Å². The molecule has 6 heteroatoms. The highest BCUT2D eigenvalue weighted by Crippen LogP contribution is 2.40. The second kappa shape index (κ2) is 8.35. The molecule has 0 aromatic heterocycles. The molecular weight excluding hydrogens is 358 g/mol. The van der Waals surface area contributed by atoms with Crippen LogP contribution in [0.3, 0.4) is 0 Å². The number of allylic oxidation sites excluding steroid dienone is 1. The predicted molar refractivity (Wildman–Crippen MR) is 107 cm³/mol. The van der Waals surface area contributed by atoms with E-state index in [1.807, 2.05) is 36.4 Å². The van der Waals surface area contributed by atoms with Crippen molar-refractivity contribution >= 4 is 17.5 Å². The highest BCUT2D eigenvalue weighted by Gasteiger charge is 2.18. The number of carbonyl (C=O) groups is 1.